The molecule has 12 heavy (non-hydrogen) atoms. The lowest BCUT2D eigenvalue weighted by Gasteiger charge is -2.15. The molecule has 0 spiro atoms. The van der Waals surface area contributed by atoms with Crippen molar-refractivity contribution >= 4 is 9.73 Å². The summed E-state index contributed by atoms with van der Waals surface area (Å²) in [4.78, 5) is 0. The molecule has 0 heterocycles. The molecular weight excluding hydrogens is 170 g/mol. The molecule has 72 valence electrons. The van der Waals surface area contributed by atoms with Crippen molar-refractivity contribution in [2.45, 2.75) is 44.8 Å². The third-order valence-corrected chi connectivity index (χ3v) is 5.21. The molecule has 0 aromatic heterocycles. The summed E-state index contributed by atoms with van der Waals surface area (Å²) < 4.78 is 19.4. The summed E-state index contributed by atoms with van der Waals surface area (Å²) >= 11 is 0. The molecule has 1 unspecified atom stereocenters. The second-order valence-corrected chi connectivity index (χ2v) is 6.82. The van der Waals surface area contributed by atoms with Crippen LogP contribution in [0.3, 0.4) is 0 Å². The zero-order valence-corrected chi connectivity index (χ0v) is 8.82. The summed E-state index contributed by atoms with van der Waals surface area (Å²) in [5.41, 5.74) is 0. The zero-order valence-electron chi connectivity index (χ0n) is 8.01. The zero-order chi connectivity index (χ0) is 9.19. The van der Waals surface area contributed by atoms with Gasteiger partial charge in [-0.05, 0) is 18.8 Å². The van der Waals surface area contributed by atoms with Crippen LogP contribution in [0.2, 0.25) is 0 Å². The molecule has 0 aliphatic heterocycles. The van der Waals surface area contributed by atoms with Crippen LogP contribution in [0.5, 0.6) is 0 Å². The molecule has 1 atom stereocenters. The van der Waals surface area contributed by atoms with Gasteiger partial charge in [-0.15, -0.1) is 0 Å². The highest BCUT2D eigenvalue weighted by molar-refractivity contribution is 7.92. The minimum atomic E-state index is -2.28. The molecule has 0 bridgehead atoms. The van der Waals surface area contributed by atoms with E-state index in [1.807, 2.05) is 13.8 Å². The van der Waals surface area contributed by atoms with Crippen molar-refractivity contribution in [3.8, 4) is 0 Å². The largest absolute Gasteiger partial charge is 0.253 e. The van der Waals surface area contributed by atoms with Gasteiger partial charge in [-0.1, -0.05) is 26.7 Å². The summed E-state index contributed by atoms with van der Waals surface area (Å²) in [6, 6.07) is 0. The van der Waals surface area contributed by atoms with Crippen LogP contribution < -0.4 is 0 Å². The average molecular weight is 189 g/mol. The van der Waals surface area contributed by atoms with Crippen molar-refractivity contribution in [2.24, 2.45) is 5.92 Å². The Labute approximate surface area is 75.7 Å². The van der Waals surface area contributed by atoms with Gasteiger partial charge in [0.15, 0.2) is 0 Å². The Hall–Kier alpha value is -0.0500. The van der Waals surface area contributed by atoms with Gasteiger partial charge >= 0.3 is 0 Å². The van der Waals surface area contributed by atoms with Crippen LogP contribution in [0, 0.1) is 10.7 Å². The maximum atomic E-state index is 11.7. The van der Waals surface area contributed by atoms with E-state index in [0.29, 0.717) is 11.7 Å². The molecule has 1 N–H and O–H groups in total. The smallest absolute Gasteiger partial charge is 0.0467 e. The van der Waals surface area contributed by atoms with Gasteiger partial charge in [-0.3, -0.25) is 4.78 Å². The second kappa shape index (κ2) is 3.77. The lowest BCUT2D eigenvalue weighted by atomic mass is 10.1. The molecule has 0 saturated heterocycles. The predicted molar refractivity (Wildman–Crippen MR) is 52.8 cm³/mol. The summed E-state index contributed by atoms with van der Waals surface area (Å²) in [7, 11) is -2.28. The Kier molecular flexibility index (Phi) is 3.16. The average Bonchev–Trinajstić information content (AvgIpc) is 2.38. The monoisotopic (exact) mass is 189 g/mol. The first-order valence-electron chi connectivity index (χ1n) is 4.77. The molecular formula is C9H19NOS. The first-order valence-corrected chi connectivity index (χ1v) is 6.56. The van der Waals surface area contributed by atoms with Crippen LogP contribution in [0.4, 0.5) is 0 Å². The fraction of sp³-hybridized carbons (Fsp3) is 1.00. The standard InChI is InChI=1S/C9H19NOS/c1-8(2)12(10,11)7-9-5-3-4-6-9/h8-10H,3-7H2,1-2H3. The Morgan fingerprint density at radius 3 is 2.33 bits per heavy atom. The summed E-state index contributed by atoms with van der Waals surface area (Å²) in [5.74, 6) is 1.22. The predicted octanol–water partition coefficient (Wildman–Crippen LogP) is 2.63. The Balaban J connectivity index is 2.49. The fourth-order valence-corrected chi connectivity index (χ4v) is 3.14. The van der Waals surface area contributed by atoms with E-state index >= 15 is 0 Å². The number of hydrogen-bond donors (Lipinski definition) is 1. The Bertz CT molecular complexity index is 225. The highest BCUT2D eigenvalue weighted by Gasteiger charge is 2.21. The molecule has 1 aliphatic carbocycles. The molecule has 0 aromatic carbocycles. The first-order chi connectivity index (χ1) is 5.52. The van der Waals surface area contributed by atoms with Crippen LogP contribution in [-0.4, -0.2) is 15.2 Å². The van der Waals surface area contributed by atoms with Crippen LogP contribution in [0.15, 0.2) is 0 Å². The van der Waals surface area contributed by atoms with Gasteiger partial charge < -0.3 is 0 Å². The Morgan fingerprint density at radius 2 is 1.92 bits per heavy atom. The van der Waals surface area contributed by atoms with Crippen LogP contribution in [0.1, 0.15) is 39.5 Å². The normalized spacial score (nSPS) is 24.6. The second-order valence-electron chi connectivity index (χ2n) is 4.09. The summed E-state index contributed by atoms with van der Waals surface area (Å²) in [5, 5.41) is 0.0260. The third-order valence-electron chi connectivity index (χ3n) is 2.72. The van der Waals surface area contributed by atoms with Crippen LogP contribution in [0.25, 0.3) is 0 Å². The maximum absolute atomic E-state index is 11.7. The molecule has 0 aromatic rings. The van der Waals surface area contributed by atoms with E-state index in [1.54, 1.807) is 0 Å². The minimum absolute atomic E-state index is 0.0260. The van der Waals surface area contributed by atoms with Crippen molar-refractivity contribution in [2.75, 3.05) is 5.75 Å². The molecule has 0 radical (unpaired) electrons. The van der Waals surface area contributed by atoms with Gasteiger partial charge in [0, 0.05) is 20.7 Å². The lowest BCUT2D eigenvalue weighted by Crippen LogP contribution is -2.20. The minimum Gasteiger partial charge on any atom is -0.253 e. The summed E-state index contributed by atoms with van der Waals surface area (Å²) in [6.07, 6.45) is 4.95. The van der Waals surface area contributed by atoms with E-state index in [4.69, 9.17) is 4.78 Å². The third kappa shape index (κ3) is 2.47. The number of hydrogen-bond acceptors (Lipinski definition) is 2. The first kappa shape index (κ1) is 10.0. The van der Waals surface area contributed by atoms with Gasteiger partial charge in [0.2, 0.25) is 0 Å². The van der Waals surface area contributed by atoms with Gasteiger partial charge in [-0.25, -0.2) is 4.21 Å². The molecule has 0 amide bonds. The van der Waals surface area contributed by atoms with Crippen molar-refractivity contribution in [1.29, 1.82) is 4.78 Å². The quantitative estimate of drug-likeness (QED) is 0.728. The molecule has 3 heteroatoms. The number of rotatable bonds is 3. The van der Waals surface area contributed by atoms with Gasteiger partial charge in [0.05, 0.1) is 0 Å². The van der Waals surface area contributed by atoms with Crippen molar-refractivity contribution in [3.05, 3.63) is 0 Å². The SMILES string of the molecule is CC(C)S(=N)(=O)CC1CCCC1. The van der Waals surface area contributed by atoms with E-state index in [0.717, 1.165) is 0 Å². The van der Waals surface area contributed by atoms with E-state index in [1.165, 1.54) is 25.7 Å². The fourth-order valence-electron chi connectivity index (χ4n) is 1.72. The highest BCUT2D eigenvalue weighted by Crippen LogP contribution is 2.27. The van der Waals surface area contributed by atoms with Crippen molar-refractivity contribution in [1.82, 2.24) is 0 Å². The van der Waals surface area contributed by atoms with E-state index < -0.39 is 9.73 Å². The van der Waals surface area contributed by atoms with Crippen LogP contribution in [-0.2, 0) is 9.73 Å². The van der Waals surface area contributed by atoms with Crippen molar-refractivity contribution < 1.29 is 4.21 Å². The molecule has 1 aliphatic rings. The van der Waals surface area contributed by atoms with Crippen molar-refractivity contribution in [3.63, 3.8) is 0 Å². The van der Waals surface area contributed by atoms with Gasteiger partial charge in [0.25, 0.3) is 0 Å². The van der Waals surface area contributed by atoms with E-state index in [2.05, 4.69) is 0 Å². The molecule has 1 rings (SSSR count). The van der Waals surface area contributed by atoms with Gasteiger partial charge in [0.1, 0.15) is 0 Å². The number of nitrogens with one attached hydrogen (secondary N) is 1. The van der Waals surface area contributed by atoms with Gasteiger partial charge in [-0.2, -0.15) is 0 Å². The highest BCUT2D eigenvalue weighted by atomic mass is 32.2. The Morgan fingerprint density at radius 1 is 1.42 bits per heavy atom. The molecule has 2 nitrogen and oxygen atoms in total. The van der Waals surface area contributed by atoms with E-state index in [-0.39, 0.29) is 5.25 Å². The maximum Gasteiger partial charge on any atom is 0.0467 e. The topological polar surface area (TPSA) is 40.9 Å². The lowest BCUT2D eigenvalue weighted by molar-refractivity contribution is 0.596. The van der Waals surface area contributed by atoms with Crippen LogP contribution >= 0.6 is 0 Å². The molecule has 1 fully saturated rings. The van der Waals surface area contributed by atoms with E-state index in [9.17, 15) is 4.21 Å². The molecule has 1 saturated carbocycles. The summed E-state index contributed by atoms with van der Waals surface area (Å²) in [6.45, 7) is 3.79.